The molecule has 2 aromatic carbocycles. The van der Waals surface area contributed by atoms with Crippen molar-refractivity contribution in [3.63, 3.8) is 0 Å². The fourth-order valence-corrected chi connectivity index (χ4v) is 3.72. The molecule has 2 amide bonds. The Hall–Kier alpha value is -3.10. The van der Waals surface area contributed by atoms with E-state index in [1.807, 2.05) is 12.1 Å². The van der Waals surface area contributed by atoms with Crippen LogP contribution in [0.15, 0.2) is 59.4 Å². The van der Waals surface area contributed by atoms with Gasteiger partial charge in [-0.2, -0.15) is 0 Å². The van der Waals surface area contributed by atoms with E-state index >= 15 is 0 Å². The zero-order valence-corrected chi connectivity index (χ0v) is 18.4. The SMILES string of the molecule is CN(C)C(=O)SC(=O)C(Cc1cc(=O)[nH]c2ccccc12)NC(=O)c1ccc(Cl)cc1. The van der Waals surface area contributed by atoms with Crippen molar-refractivity contribution in [3.05, 3.63) is 81.1 Å². The van der Waals surface area contributed by atoms with Crippen LogP contribution in [0.1, 0.15) is 15.9 Å². The number of fused-ring (bicyclic) bond motifs is 1. The highest BCUT2D eigenvalue weighted by Crippen LogP contribution is 2.20. The molecule has 7 nitrogen and oxygen atoms in total. The van der Waals surface area contributed by atoms with Crippen molar-refractivity contribution < 1.29 is 14.4 Å². The molecule has 0 fully saturated rings. The standard InChI is InChI=1S/C22H20ClN3O4S/c1-26(2)22(30)31-21(29)18(25-20(28)13-7-9-15(23)10-8-13)11-14-12-19(27)24-17-6-4-3-5-16(14)17/h3-10,12,18H,11H2,1-2H3,(H,24,27)(H,25,28). The van der Waals surface area contributed by atoms with Gasteiger partial charge in [0, 0.05) is 59.8 Å². The predicted octanol–water partition coefficient (Wildman–Crippen LogP) is 3.46. The van der Waals surface area contributed by atoms with Gasteiger partial charge in [-0.15, -0.1) is 0 Å². The Morgan fingerprint density at radius 1 is 1.10 bits per heavy atom. The third-order valence-corrected chi connectivity index (χ3v) is 5.79. The predicted molar refractivity (Wildman–Crippen MR) is 123 cm³/mol. The minimum absolute atomic E-state index is 0.0519. The molecule has 0 aliphatic heterocycles. The summed E-state index contributed by atoms with van der Waals surface area (Å²) < 4.78 is 0. The van der Waals surface area contributed by atoms with E-state index in [-0.39, 0.29) is 12.0 Å². The number of carbonyl (C=O) groups excluding carboxylic acids is 3. The van der Waals surface area contributed by atoms with Gasteiger partial charge >= 0.3 is 0 Å². The van der Waals surface area contributed by atoms with Crippen molar-refractivity contribution >= 4 is 50.5 Å². The van der Waals surface area contributed by atoms with E-state index in [9.17, 15) is 19.2 Å². The number of rotatable bonds is 5. The highest BCUT2D eigenvalue weighted by Gasteiger charge is 2.26. The number of aromatic nitrogens is 1. The summed E-state index contributed by atoms with van der Waals surface area (Å²) in [5, 5.41) is 2.95. The number of H-pyrrole nitrogens is 1. The van der Waals surface area contributed by atoms with Crippen LogP contribution in [0.5, 0.6) is 0 Å². The Morgan fingerprint density at radius 3 is 2.45 bits per heavy atom. The van der Waals surface area contributed by atoms with Crippen LogP contribution in [-0.4, -0.2) is 46.3 Å². The molecule has 0 bridgehead atoms. The normalized spacial score (nSPS) is 11.7. The van der Waals surface area contributed by atoms with E-state index in [1.54, 1.807) is 36.4 Å². The van der Waals surface area contributed by atoms with Gasteiger partial charge in [-0.05, 0) is 35.9 Å². The van der Waals surface area contributed by atoms with Crippen LogP contribution in [-0.2, 0) is 11.2 Å². The maximum absolute atomic E-state index is 12.9. The topological polar surface area (TPSA) is 99.3 Å². The van der Waals surface area contributed by atoms with E-state index in [0.29, 0.717) is 33.4 Å². The molecule has 1 atom stereocenters. The summed E-state index contributed by atoms with van der Waals surface area (Å²) >= 11 is 6.38. The minimum atomic E-state index is -1.03. The summed E-state index contributed by atoms with van der Waals surface area (Å²) in [6, 6.07) is 13.8. The summed E-state index contributed by atoms with van der Waals surface area (Å²) in [6.07, 6.45) is 0.0519. The summed E-state index contributed by atoms with van der Waals surface area (Å²) in [5.41, 5.74) is 1.21. The molecule has 2 N–H and O–H groups in total. The number of aromatic amines is 1. The lowest BCUT2D eigenvalue weighted by Gasteiger charge is -2.19. The highest BCUT2D eigenvalue weighted by molar-refractivity contribution is 8.26. The molecule has 0 saturated carbocycles. The van der Waals surface area contributed by atoms with E-state index < -0.39 is 22.3 Å². The van der Waals surface area contributed by atoms with Gasteiger partial charge in [0.15, 0.2) is 0 Å². The highest BCUT2D eigenvalue weighted by atomic mass is 35.5. The average molecular weight is 458 g/mol. The largest absolute Gasteiger partial charge is 0.341 e. The molecule has 1 aromatic heterocycles. The first-order chi connectivity index (χ1) is 14.7. The number of halogens is 1. The van der Waals surface area contributed by atoms with Crippen LogP contribution in [0.25, 0.3) is 10.9 Å². The smallest absolute Gasteiger partial charge is 0.288 e. The van der Waals surface area contributed by atoms with E-state index in [0.717, 1.165) is 5.39 Å². The van der Waals surface area contributed by atoms with Crippen LogP contribution >= 0.6 is 23.4 Å². The van der Waals surface area contributed by atoms with E-state index in [2.05, 4.69) is 10.3 Å². The van der Waals surface area contributed by atoms with E-state index in [4.69, 9.17) is 11.6 Å². The molecule has 0 aliphatic rings. The Balaban J connectivity index is 1.93. The van der Waals surface area contributed by atoms with Gasteiger partial charge in [-0.3, -0.25) is 19.2 Å². The molecule has 3 rings (SSSR count). The third kappa shape index (κ3) is 5.74. The number of carbonyl (C=O) groups is 3. The van der Waals surface area contributed by atoms with Crippen molar-refractivity contribution in [3.8, 4) is 0 Å². The van der Waals surface area contributed by atoms with Crippen LogP contribution in [0.4, 0.5) is 4.79 Å². The molecule has 1 unspecified atom stereocenters. The molecule has 9 heteroatoms. The van der Waals surface area contributed by atoms with Gasteiger partial charge in [-0.25, -0.2) is 0 Å². The Kier molecular flexibility index (Phi) is 7.14. The second-order valence-electron chi connectivity index (χ2n) is 7.02. The van der Waals surface area contributed by atoms with Crippen molar-refractivity contribution in [2.75, 3.05) is 14.1 Å². The zero-order chi connectivity index (χ0) is 22.5. The first-order valence-electron chi connectivity index (χ1n) is 9.35. The van der Waals surface area contributed by atoms with E-state index in [1.165, 1.54) is 25.1 Å². The fraction of sp³-hybridized carbons (Fsp3) is 0.182. The minimum Gasteiger partial charge on any atom is -0.341 e. The Morgan fingerprint density at radius 2 is 1.77 bits per heavy atom. The second-order valence-corrected chi connectivity index (χ2v) is 8.42. The van der Waals surface area contributed by atoms with Crippen LogP contribution in [0.2, 0.25) is 5.02 Å². The molecule has 1 heterocycles. The third-order valence-electron chi connectivity index (χ3n) is 4.51. The van der Waals surface area contributed by atoms with Crippen LogP contribution in [0, 0.1) is 0 Å². The molecule has 160 valence electrons. The van der Waals surface area contributed by atoms with Crippen LogP contribution < -0.4 is 10.9 Å². The molecular formula is C22H20ClN3O4S. The molecule has 31 heavy (non-hydrogen) atoms. The van der Waals surface area contributed by atoms with Crippen molar-refractivity contribution in [1.82, 2.24) is 15.2 Å². The second kappa shape index (κ2) is 9.80. The number of hydrogen-bond donors (Lipinski definition) is 2. The summed E-state index contributed by atoms with van der Waals surface area (Å²) in [6.45, 7) is 0. The number of hydrogen-bond acceptors (Lipinski definition) is 5. The van der Waals surface area contributed by atoms with Gasteiger partial charge in [0.25, 0.3) is 11.1 Å². The quantitative estimate of drug-likeness (QED) is 0.611. The van der Waals surface area contributed by atoms with Gasteiger partial charge in [0.1, 0.15) is 6.04 Å². The van der Waals surface area contributed by atoms with Gasteiger partial charge in [-0.1, -0.05) is 29.8 Å². The molecule has 3 aromatic rings. The molecule has 0 aliphatic carbocycles. The number of para-hydroxylation sites is 1. The molecule has 0 spiro atoms. The molecule has 0 saturated heterocycles. The van der Waals surface area contributed by atoms with Crippen molar-refractivity contribution in [2.24, 2.45) is 0 Å². The monoisotopic (exact) mass is 457 g/mol. The van der Waals surface area contributed by atoms with Gasteiger partial charge in [0.2, 0.25) is 10.7 Å². The lowest BCUT2D eigenvalue weighted by molar-refractivity contribution is -0.112. The zero-order valence-electron chi connectivity index (χ0n) is 16.8. The van der Waals surface area contributed by atoms with Crippen molar-refractivity contribution in [2.45, 2.75) is 12.5 Å². The summed E-state index contributed by atoms with van der Waals surface area (Å²) in [4.78, 5) is 53.8. The first kappa shape index (κ1) is 22.6. The maximum Gasteiger partial charge on any atom is 0.288 e. The lowest BCUT2D eigenvalue weighted by atomic mass is 10.0. The number of thioether (sulfide) groups is 1. The van der Waals surface area contributed by atoms with Gasteiger partial charge in [0.05, 0.1) is 0 Å². The number of pyridine rings is 1. The fourth-order valence-electron chi connectivity index (χ4n) is 2.95. The summed E-state index contributed by atoms with van der Waals surface area (Å²) in [5.74, 6) is -0.484. The number of nitrogens with zero attached hydrogens (tertiary/aromatic N) is 1. The first-order valence-corrected chi connectivity index (χ1v) is 10.5. The number of amides is 2. The molecule has 0 radical (unpaired) electrons. The van der Waals surface area contributed by atoms with Crippen LogP contribution in [0.3, 0.4) is 0 Å². The Labute approximate surface area is 187 Å². The lowest BCUT2D eigenvalue weighted by Crippen LogP contribution is -2.42. The number of nitrogens with one attached hydrogen (secondary N) is 2. The summed E-state index contributed by atoms with van der Waals surface area (Å²) in [7, 11) is 3.07. The average Bonchev–Trinajstić information content (AvgIpc) is 2.73. The van der Waals surface area contributed by atoms with Gasteiger partial charge < -0.3 is 15.2 Å². The maximum atomic E-state index is 12.9. The van der Waals surface area contributed by atoms with Crippen molar-refractivity contribution in [1.29, 1.82) is 0 Å². The number of benzene rings is 2. The Bertz CT molecular complexity index is 1190. The molecular weight excluding hydrogens is 438 g/mol.